The number of ketones is 1. The summed E-state index contributed by atoms with van der Waals surface area (Å²) >= 11 is 0. The van der Waals surface area contributed by atoms with Crippen molar-refractivity contribution in [2.75, 3.05) is 6.61 Å². The Labute approximate surface area is 390 Å². The first kappa shape index (κ1) is 60.8. The summed E-state index contributed by atoms with van der Waals surface area (Å²) < 4.78 is 0. The number of allylic oxidation sites excluding steroid dienone is 2. The molecule has 0 aromatic rings. The molecule has 0 aliphatic carbocycles. The van der Waals surface area contributed by atoms with Gasteiger partial charge in [0.2, 0.25) is 5.91 Å². The number of hydrogen-bond acceptors (Lipinski definition) is 3. The van der Waals surface area contributed by atoms with Gasteiger partial charge < -0.3 is 10.4 Å². The van der Waals surface area contributed by atoms with Crippen LogP contribution in [0.2, 0.25) is 0 Å². The predicted molar refractivity (Wildman–Crippen MR) is 275 cm³/mol. The number of unbranched alkanes of at least 4 members (excludes halogenated alkanes) is 42. The molecule has 4 nitrogen and oxygen atoms in total. The zero-order valence-electron chi connectivity index (χ0n) is 42.6. The minimum Gasteiger partial charge on any atom is -0.394 e. The van der Waals surface area contributed by atoms with E-state index in [1.807, 2.05) is 0 Å². The fourth-order valence-corrected chi connectivity index (χ4v) is 9.23. The van der Waals surface area contributed by atoms with Crippen molar-refractivity contribution in [1.29, 1.82) is 0 Å². The molecule has 0 aromatic carbocycles. The van der Waals surface area contributed by atoms with E-state index in [1.165, 1.54) is 263 Å². The van der Waals surface area contributed by atoms with E-state index in [0.717, 1.165) is 51.4 Å². The molecule has 368 valence electrons. The van der Waals surface area contributed by atoms with Gasteiger partial charge in [-0.2, -0.15) is 0 Å². The van der Waals surface area contributed by atoms with Gasteiger partial charge in [-0.05, 0) is 51.4 Å². The largest absolute Gasteiger partial charge is 0.394 e. The van der Waals surface area contributed by atoms with Crippen LogP contribution in [-0.4, -0.2) is 29.4 Å². The molecule has 0 unspecified atom stereocenters. The molecule has 1 atom stereocenters. The van der Waals surface area contributed by atoms with Crippen LogP contribution in [0.25, 0.3) is 0 Å². The van der Waals surface area contributed by atoms with Crippen molar-refractivity contribution in [2.45, 2.75) is 341 Å². The van der Waals surface area contributed by atoms with Gasteiger partial charge in [-0.1, -0.05) is 276 Å². The van der Waals surface area contributed by atoms with Crippen molar-refractivity contribution in [3.63, 3.8) is 0 Å². The molecule has 0 rings (SSSR count). The van der Waals surface area contributed by atoms with E-state index >= 15 is 0 Å². The van der Waals surface area contributed by atoms with Crippen molar-refractivity contribution < 1.29 is 14.7 Å². The van der Waals surface area contributed by atoms with Gasteiger partial charge in [-0.3, -0.25) is 9.59 Å². The molecule has 0 bridgehead atoms. The van der Waals surface area contributed by atoms with Crippen LogP contribution in [0.5, 0.6) is 0 Å². The molecule has 0 aromatic heterocycles. The maximum atomic E-state index is 12.4. The van der Waals surface area contributed by atoms with Crippen LogP contribution in [0.4, 0.5) is 0 Å². The summed E-state index contributed by atoms with van der Waals surface area (Å²) in [5.41, 5.74) is 0. The Morgan fingerprint density at radius 1 is 0.355 bits per heavy atom. The minimum absolute atomic E-state index is 0.0598. The molecule has 0 radical (unpaired) electrons. The smallest absolute Gasteiger partial charge is 0.220 e. The lowest BCUT2D eigenvalue weighted by Gasteiger charge is -2.16. The Bertz CT molecular complexity index is 901. The van der Waals surface area contributed by atoms with E-state index in [2.05, 4.69) is 31.3 Å². The normalized spacial score (nSPS) is 12.2. The van der Waals surface area contributed by atoms with Crippen molar-refractivity contribution in [1.82, 2.24) is 5.32 Å². The number of nitrogens with one attached hydrogen (secondary N) is 1. The number of carbonyl (C=O) groups is 2. The molecule has 0 aliphatic heterocycles. The summed E-state index contributed by atoms with van der Waals surface area (Å²) in [5, 5.41) is 12.9. The van der Waals surface area contributed by atoms with Crippen LogP contribution in [0.3, 0.4) is 0 Å². The molecule has 0 fully saturated rings. The average Bonchev–Trinajstić information content (AvgIpc) is 3.27. The molecule has 0 saturated heterocycles. The molecule has 0 saturated carbocycles. The molecule has 0 aliphatic rings. The van der Waals surface area contributed by atoms with Crippen LogP contribution < -0.4 is 5.32 Å². The lowest BCUT2D eigenvalue weighted by Crippen LogP contribution is -2.37. The summed E-state index contributed by atoms with van der Waals surface area (Å²) in [6.07, 6.45) is 68.9. The first-order valence-electron chi connectivity index (χ1n) is 28.7. The highest BCUT2D eigenvalue weighted by molar-refractivity contribution is 5.78. The number of Topliss-reactive ketones (excluding diaryl/α,β-unsaturated/α-hetero) is 1. The molecule has 4 heteroatoms. The Hall–Kier alpha value is -1.16. The molecular formula is C58H113NO3. The minimum atomic E-state index is -0.0692. The maximum absolute atomic E-state index is 12.4. The first-order valence-corrected chi connectivity index (χ1v) is 28.7. The van der Waals surface area contributed by atoms with Gasteiger partial charge in [0.05, 0.1) is 12.6 Å². The highest BCUT2D eigenvalue weighted by Crippen LogP contribution is 2.18. The first-order chi connectivity index (χ1) is 30.6. The SMILES string of the molecule is CCCCCCCCC=CCCCCCCCCCCCC(=O)CCCCCCCCCCCCCCCC(=O)N[C@H](CO)CCCCCCCCCCCCCCCCCC. The number of aliphatic hydroxyl groups is 1. The number of aliphatic hydroxyl groups excluding tert-OH is 1. The topological polar surface area (TPSA) is 66.4 Å². The van der Waals surface area contributed by atoms with Crippen LogP contribution >= 0.6 is 0 Å². The Morgan fingerprint density at radius 2 is 0.613 bits per heavy atom. The third-order valence-electron chi connectivity index (χ3n) is 13.6. The number of hydrogen-bond donors (Lipinski definition) is 2. The Kier molecular flexibility index (Phi) is 53.2. The lowest BCUT2D eigenvalue weighted by molar-refractivity contribution is -0.122. The summed E-state index contributed by atoms with van der Waals surface area (Å²) in [5.74, 6) is 0.623. The van der Waals surface area contributed by atoms with Gasteiger partial charge >= 0.3 is 0 Å². The second-order valence-corrected chi connectivity index (χ2v) is 19.9. The summed E-state index contributed by atoms with van der Waals surface area (Å²) in [7, 11) is 0. The Morgan fingerprint density at radius 3 is 0.919 bits per heavy atom. The standard InChI is InChI=1S/C58H113NO3/c1-3-5-7-9-11-13-15-17-19-21-22-23-25-28-32-36-40-44-48-52-57(61)53-49-45-41-37-33-29-26-30-34-38-42-46-50-54-58(62)59-56(55-60)51-47-43-39-35-31-27-24-20-18-16-14-12-10-8-6-4-2/h17,19,56,60H,3-16,18,20-55H2,1-2H3,(H,59,62)/t56-/m0/s1. The van der Waals surface area contributed by atoms with E-state index in [-0.39, 0.29) is 18.6 Å². The second-order valence-electron chi connectivity index (χ2n) is 19.9. The summed E-state index contributed by atoms with van der Waals surface area (Å²) in [6, 6.07) is -0.0692. The van der Waals surface area contributed by atoms with Gasteiger partial charge in [0.1, 0.15) is 5.78 Å². The molecule has 0 spiro atoms. The van der Waals surface area contributed by atoms with Gasteiger partial charge in [0.15, 0.2) is 0 Å². The lowest BCUT2D eigenvalue weighted by atomic mass is 10.0. The number of rotatable bonds is 54. The fraction of sp³-hybridized carbons (Fsp3) is 0.931. The highest BCUT2D eigenvalue weighted by Gasteiger charge is 2.11. The number of carbonyl (C=O) groups excluding carboxylic acids is 2. The van der Waals surface area contributed by atoms with Gasteiger partial charge in [0, 0.05) is 19.3 Å². The average molecular weight is 873 g/mol. The van der Waals surface area contributed by atoms with Gasteiger partial charge in [-0.25, -0.2) is 0 Å². The second kappa shape index (κ2) is 54.2. The zero-order valence-corrected chi connectivity index (χ0v) is 42.6. The maximum Gasteiger partial charge on any atom is 0.220 e. The molecule has 62 heavy (non-hydrogen) atoms. The van der Waals surface area contributed by atoms with E-state index in [9.17, 15) is 14.7 Å². The van der Waals surface area contributed by atoms with Crippen LogP contribution in [0.15, 0.2) is 12.2 Å². The fourth-order valence-electron chi connectivity index (χ4n) is 9.23. The third-order valence-corrected chi connectivity index (χ3v) is 13.6. The van der Waals surface area contributed by atoms with E-state index in [4.69, 9.17) is 0 Å². The van der Waals surface area contributed by atoms with Crippen LogP contribution in [0.1, 0.15) is 335 Å². The third kappa shape index (κ3) is 51.5. The quantitative estimate of drug-likeness (QED) is 0.0473. The van der Waals surface area contributed by atoms with E-state index < -0.39 is 0 Å². The summed E-state index contributed by atoms with van der Waals surface area (Å²) in [4.78, 5) is 24.7. The van der Waals surface area contributed by atoms with Crippen molar-refractivity contribution in [2.24, 2.45) is 0 Å². The molecular weight excluding hydrogens is 759 g/mol. The Balaban J connectivity index is 3.36. The van der Waals surface area contributed by atoms with Crippen molar-refractivity contribution in [3.05, 3.63) is 12.2 Å². The molecule has 0 heterocycles. The van der Waals surface area contributed by atoms with E-state index in [0.29, 0.717) is 12.2 Å². The van der Waals surface area contributed by atoms with Crippen LogP contribution in [0, 0.1) is 0 Å². The molecule has 2 N–H and O–H groups in total. The van der Waals surface area contributed by atoms with Gasteiger partial charge in [0.25, 0.3) is 0 Å². The monoisotopic (exact) mass is 872 g/mol. The molecule has 1 amide bonds. The predicted octanol–water partition coefficient (Wildman–Crippen LogP) is 19.1. The van der Waals surface area contributed by atoms with Crippen molar-refractivity contribution >= 4 is 11.7 Å². The van der Waals surface area contributed by atoms with E-state index in [1.54, 1.807) is 0 Å². The zero-order chi connectivity index (χ0) is 44.9. The highest BCUT2D eigenvalue weighted by atomic mass is 16.3. The van der Waals surface area contributed by atoms with Crippen molar-refractivity contribution in [3.8, 4) is 0 Å². The number of amides is 1. The van der Waals surface area contributed by atoms with Crippen LogP contribution in [-0.2, 0) is 9.59 Å². The van der Waals surface area contributed by atoms with Gasteiger partial charge in [-0.15, -0.1) is 0 Å². The summed E-state index contributed by atoms with van der Waals surface area (Å²) in [6.45, 7) is 4.64.